The summed E-state index contributed by atoms with van der Waals surface area (Å²) < 4.78 is 16.9. The number of alkyl carbamates (subject to hydrolysis) is 1. The standard InChI is InChI=1S/C29H37N3O6/c1-3-23-27-26(38-29(35)32-27)18-37-28(34)19(2)25(33)13-12-22(10-6-14-30-23)36-15-7-8-20-16-21-9-4-5-11-24(21)31-17-20/h4-5,7-9,11,16-17,19,22-23,26-27,30H,3,6,10,12-15,18H2,1-2H3,(H,32,35)/b8-7+/t19?,22?,23?,26-,27?/m1/s1. The van der Waals surface area contributed by atoms with Crippen molar-refractivity contribution in [3.05, 3.63) is 48.2 Å². The number of Topliss-reactive ketones (excluding diaryl/α,β-unsaturated/α-hetero) is 1. The molecule has 0 saturated carbocycles. The summed E-state index contributed by atoms with van der Waals surface area (Å²) in [4.78, 5) is 41.6. The first-order chi connectivity index (χ1) is 18.4. The summed E-state index contributed by atoms with van der Waals surface area (Å²) in [6.07, 6.45) is 7.64. The summed E-state index contributed by atoms with van der Waals surface area (Å²) in [5.74, 6) is -1.67. The predicted molar refractivity (Wildman–Crippen MR) is 143 cm³/mol. The fourth-order valence-electron chi connectivity index (χ4n) is 4.92. The molecule has 2 aromatic rings. The van der Waals surface area contributed by atoms with E-state index in [0.717, 1.165) is 42.3 Å². The number of para-hydroxylation sites is 1. The Labute approximate surface area is 223 Å². The van der Waals surface area contributed by atoms with Crippen molar-refractivity contribution in [1.29, 1.82) is 0 Å². The van der Waals surface area contributed by atoms with Crippen LogP contribution in [0, 0.1) is 5.92 Å². The SMILES string of the molecule is CCC1NCCCC(OC/C=C/c2cnc3ccccc3c2)CCC(=O)C(C)C(=O)OC[C@H]2OC(=O)NC12. The number of carbonyl (C=O) groups excluding carboxylic acids is 3. The van der Waals surface area contributed by atoms with Crippen LogP contribution in [0.4, 0.5) is 4.79 Å². The van der Waals surface area contributed by atoms with E-state index in [9.17, 15) is 14.4 Å². The molecule has 2 saturated heterocycles. The van der Waals surface area contributed by atoms with Gasteiger partial charge in [0.15, 0.2) is 6.10 Å². The Kier molecular flexibility index (Phi) is 9.84. The van der Waals surface area contributed by atoms with Crippen LogP contribution < -0.4 is 10.6 Å². The average Bonchev–Trinajstić information content (AvgIpc) is 3.30. The Hall–Kier alpha value is -3.30. The average molecular weight is 524 g/mol. The van der Waals surface area contributed by atoms with Gasteiger partial charge in [0.2, 0.25) is 0 Å². The maximum absolute atomic E-state index is 12.7. The number of hydrogen-bond donors (Lipinski definition) is 2. The molecule has 4 rings (SSSR count). The van der Waals surface area contributed by atoms with Crippen molar-refractivity contribution >= 4 is 34.8 Å². The van der Waals surface area contributed by atoms with E-state index in [2.05, 4.69) is 21.7 Å². The van der Waals surface area contributed by atoms with Crippen LogP contribution in [-0.2, 0) is 23.8 Å². The molecule has 2 N–H and O–H groups in total. The molecule has 5 atom stereocenters. The van der Waals surface area contributed by atoms with Gasteiger partial charge in [-0.15, -0.1) is 0 Å². The lowest BCUT2D eigenvalue weighted by atomic mass is 9.99. The van der Waals surface area contributed by atoms with Crippen molar-refractivity contribution in [3.8, 4) is 0 Å². The number of ketones is 1. The molecule has 4 unspecified atom stereocenters. The Morgan fingerprint density at radius 1 is 1.18 bits per heavy atom. The van der Waals surface area contributed by atoms with Crippen molar-refractivity contribution in [2.75, 3.05) is 19.8 Å². The Morgan fingerprint density at radius 2 is 2.03 bits per heavy atom. The second kappa shape index (κ2) is 13.5. The zero-order valence-corrected chi connectivity index (χ0v) is 22.1. The number of aromatic nitrogens is 1. The normalized spacial score (nSPS) is 27.7. The molecule has 204 valence electrons. The van der Waals surface area contributed by atoms with E-state index < -0.39 is 24.1 Å². The molecule has 0 spiro atoms. The van der Waals surface area contributed by atoms with Crippen LogP contribution in [0.5, 0.6) is 0 Å². The van der Waals surface area contributed by atoms with Gasteiger partial charge in [-0.2, -0.15) is 0 Å². The summed E-state index contributed by atoms with van der Waals surface area (Å²) in [5, 5.41) is 7.42. The molecule has 1 aromatic carbocycles. The van der Waals surface area contributed by atoms with Gasteiger partial charge < -0.3 is 24.8 Å². The first-order valence-corrected chi connectivity index (χ1v) is 13.5. The largest absolute Gasteiger partial charge is 0.461 e. The number of carbonyl (C=O) groups is 3. The summed E-state index contributed by atoms with van der Waals surface area (Å²) in [5.41, 5.74) is 1.95. The van der Waals surface area contributed by atoms with Crippen LogP contribution in [0.15, 0.2) is 42.6 Å². The van der Waals surface area contributed by atoms with Crippen LogP contribution in [0.2, 0.25) is 0 Å². The van der Waals surface area contributed by atoms with Gasteiger partial charge in [-0.25, -0.2) is 4.79 Å². The van der Waals surface area contributed by atoms with Crippen molar-refractivity contribution in [1.82, 2.24) is 15.6 Å². The molecule has 9 nitrogen and oxygen atoms in total. The third kappa shape index (κ3) is 7.39. The first kappa shape index (κ1) is 27.7. The Morgan fingerprint density at radius 3 is 2.87 bits per heavy atom. The monoisotopic (exact) mass is 523 g/mol. The number of ether oxygens (including phenoxy) is 3. The molecule has 1 amide bonds. The van der Waals surface area contributed by atoms with Crippen LogP contribution in [0.25, 0.3) is 17.0 Å². The molecule has 9 heteroatoms. The maximum Gasteiger partial charge on any atom is 0.408 e. The van der Waals surface area contributed by atoms with Gasteiger partial charge in [-0.3, -0.25) is 14.6 Å². The number of esters is 1. The highest BCUT2D eigenvalue weighted by Crippen LogP contribution is 2.19. The summed E-state index contributed by atoms with van der Waals surface area (Å²) in [7, 11) is 0. The van der Waals surface area contributed by atoms with Gasteiger partial charge in [0.05, 0.1) is 24.3 Å². The fraction of sp³-hybridized carbons (Fsp3) is 0.517. The number of amides is 1. The highest BCUT2D eigenvalue weighted by Gasteiger charge is 2.40. The van der Waals surface area contributed by atoms with Gasteiger partial charge in [0.1, 0.15) is 18.3 Å². The van der Waals surface area contributed by atoms with E-state index in [1.54, 1.807) is 6.92 Å². The van der Waals surface area contributed by atoms with Crippen molar-refractivity contribution in [2.24, 2.45) is 5.92 Å². The number of cyclic esters (lactones) is 1. The molecule has 2 fully saturated rings. The number of benzene rings is 1. The second-order valence-corrected chi connectivity index (χ2v) is 9.90. The lowest BCUT2D eigenvalue weighted by molar-refractivity contribution is -0.154. The predicted octanol–water partition coefficient (Wildman–Crippen LogP) is 3.80. The number of fused-ring (bicyclic) bond motifs is 2. The van der Waals surface area contributed by atoms with E-state index in [0.29, 0.717) is 13.0 Å². The second-order valence-electron chi connectivity index (χ2n) is 9.90. The summed E-state index contributed by atoms with van der Waals surface area (Å²) in [6.45, 7) is 4.64. The van der Waals surface area contributed by atoms with Gasteiger partial charge in [0.25, 0.3) is 0 Å². The molecule has 1 aromatic heterocycles. The maximum atomic E-state index is 12.7. The highest BCUT2D eigenvalue weighted by atomic mass is 16.6. The summed E-state index contributed by atoms with van der Waals surface area (Å²) >= 11 is 0. The molecule has 2 aliphatic heterocycles. The van der Waals surface area contributed by atoms with Crippen molar-refractivity contribution in [2.45, 2.75) is 70.2 Å². The number of nitrogens with zero attached hydrogens (tertiary/aromatic N) is 1. The number of pyridine rings is 1. The zero-order valence-electron chi connectivity index (χ0n) is 22.1. The first-order valence-electron chi connectivity index (χ1n) is 13.5. The Bertz CT molecular complexity index is 1150. The summed E-state index contributed by atoms with van der Waals surface area (Å²) in [6, 6.07) is 9.70. The van der Waals surface area contributed by atoms with Gasteiger partial charge in [-0.05, 0) is 56.8 Å². The fourth-order valence-corrected chi connectivity index (χ4v) is 4.92. The third-order valence-electron chi connectivity index (χ3n) is 7.22. The third-order valence-corrected chi connectivity index (χ3v) is 7.22. The zero-order chi connectivity index (χ0) is 26.9. The van der Waals surface area contributed by atoms with Crippen LogP contribution in [0.1, 0.15) is 51.5 Å². The van der Waals surface area contributed by atoms with Crippen LogP contribution >= 0.6 is 0 Å². The molecular weight excluding hydrogens is 486 g/mol. The quantitative estimate of drug-likeness (QED) is 0.449. The van der Waals surface area contributed by atoms with Crippen LogP contribution in [-0.4, -0.2) is 66.9 Å². The van der Waals surface area contributed by atoms with Crippen LogP contribution in [0.3, 0.4) is 0 Å². The molecular formula is C29H37N3O6. The topological polar surface area (TPSA) is 116 Å². The van der Waals surface area contributed by atoms with E-state index in [4.69, 9.17) is 14.2 Å². The van der Waals surface area contributed by atoms with Gasteiger partial charge in [0, 0.05) is 24.0 Å². The lowest BCUT2D eigenvalue weighted by Crippen LogP contribution is -2.51. The van der Waals surface area contributed by atoms with E-state index in [-0.39, 0.29) is 37.0 Å². The molecule has 0 bridgehead atoms. The van der Waals surface area contributed by atoms with Gasteiger partial charge >= 0.3 is 12.1 Å². The molecule has 0 radical (unpaired) electrons. The Balaban J connectivity index is 1.37. The molecule has 2 aliphatic rings. The molecule has 3 heterocycles. The number of hydrogen-bond acceptors (Lipinski definition) is 8. The van der Waals surface area contributed by atoms with Gasteiger partial charge in [-0.1, -0.05) is 37.3 Å². The smallest absolute Gasteiger partial charge is 0.408 e. The van der Waals surface area contributed by atoms with E-state index in [1.807, 2.05) is 49.5 Å². The van der Waals surface area contributed by atoms with E-state index in [1.165, 1.54) is 0 Å². The minimum Gasteiger partial charge on any atom is -0.461 e. The van der Waals surface area contributed by atoms with Crippen molar-refractivity contribution < 1.29 is 28.6 Å². The molecule has 0 aliphatic carbocycles. The number of nitrogens with one attached hydrogen (secondary N) is 2. The minimum atomic E-state index is -0.885. The number of rotatable bonds is 5. The molecule has 38 heavy (non-hydrogen) atoms. The highest BCUT2D eigenvalue weighted by molar-refractivity contribution is 5.98. The minimum absolute atomic E-state index is 0.0350. The van der Waals surface area contributed by atoms with E-state index >= 15 is 0 Å². The lowest BCUT2D eigenvalue weighted by Gasteiger charge is -2.26. The van der Waals surface area contributed by atoms with Crippen molar-refractivity contribution in [3.63, 3.8) is 0 Å².